The highest BCUT2D eigenvalue weighted by Crippen LogP contribution is 2.35. The highest BCUT2D eigenvalue weighted by atomic mass is 35.5. The average molecular weight is 331 g/mol. The van der Waals surface area contributed by atoms with E-state index < -0.39 is 18.8 Å². The maximum atomic E-state index is 12.4. The van der Waals surface area contributed by atoms with Crippen LogP contribution < -0.4 is 4.74 Å². The van der Waals surface area contributed by atoms with Gasteiger partial charge in [-0.05, 0) is 23.8 Å². The molecule has 7 heteroatoms. The molecular weight excluding hydrogens is 321 g/mol. The van der Waals surface area contributed by atoms with Gasteiger partial charge < -0.3 is 9.84 Å². The Kier molecular flexibility index (Phi) is 4.61. The molecule has 22 heavy (non-hydrogen) atoms. The number of alkyl halides is 3. The molecule has 0 unspecified atom stereocenters. The normalized spacial score (nSPS) is 11.3. The molecular formula is C15H10ClF3O3. The molecule has 0 aliphatic carbocycles. The van der Waals surface area contributed by atoms with Crippen molar-refractivity contribution in [2.75, 3.05) is 6.61 Å². The van der Waals surface area contributed by atoms with Gasteiger partial charge >= 0.3 is 12.1 Å². The standard InChI is InChI=1S/C15H10ClF3O3/c16-10-6-4-9(5-7-10)11-2-1-3-12(14(20)21)13(11)22-8-15(17,18)19/h1-7H,8H2,(H,20,21). The highest BCUT2D eigenvalue weighted by molar-refractivity contribution is 6.30. The summed E-state index contributed by atoms with van der Waals surface area (Å²) in [5.41, 5.74) is 0.419. The number of ether oxygens (including phenoxy) is 1. The topological polar surface area (TPSA) is 46.5 Å². The van der Waals surface area contributed by atoms with Gasteiger partial charge in [-0.2, -0.15) is 13.2 Å². The molecule has 1 N–H and O–H groups in total. The predicted octanol–water partition coefficient (Wildman–Crippen LogP) is 4.65. The quantitative estimate of drug-likeness (QED) is 0.887. The van der Waals surface area contributed by atoms with Gasteiger partial charge in [-0.25, -0.2) is 4.79 Å². The fraction of sp³-hybridized carbons (Fsp3) is 0.133. The monoisotopic (exact) mass is 330 g/mol. The van der Waals surface area contributed by atoms with Gasteiger partial charge in [-0.3, -0.25) is 0 Å². The molecule has 0 fully saturated rings. The van der Waals surface area contributed by atoms with Crippen LogP contribution in [0.2, 0.25) is 5.02 Å². The summed E-state index contributed by atoms with van der Waals surface area (Å²) in [7, 11) is 0. The molecule has 0 heterocycles. The first kappa shape index (κ1) is 16.2. The molecule has 2 aromatic carbocycles. The number of aromatic carboxylic acids is 1. The number of carboxylic acid groups (broad SMARTS) is 1. The van der Waals surface area contributed by atoms with Crippen molar-refractivity contribution >= 4 is 17.6 Å². The Morgan fingerprint density at radius 3 is 2.32 bits per heavy atom. The van der Waals surface area contributed by atoms with Crippen LogP contribution in [0.3, 0.4) is 0 Å². The van der Waals surface area contributed by atoms with Crippen molar-refractivity contribution < 1.29 is 27.8 Å². The van der Waals surface area contributed by atoms with Crippen LogP contribution in [0, 0.1) is 0 Å². The smallest absolute Gasteiger partial charge is 0.422 e. The summed E-state index contributed by atoms with van der Waals surface area (Å²) >= 11 is 5.77. The van der Waals surface area contributed by atoms with E-state index in [4.69, 9.17) is 21.4 Å². The molecule has 0 bridgehead atoms. The van der Waals surface area contributed by atoms with E-state index in [1.54, 1.807) is 24.3 Å². The molecule has 0 atom stereocenters. The fourth-order valence-electron chi connectivity index (χ4n) is 1.87. The molecule has 0 spiro atoms. The number of para-hydroxylation sites is 1. The van der Waals surface area contributed by atoms with Crippen LogP contribution in [0.25, 0.3) is 11.1 Å². The van der Waals surface area contributed by atoms with Gasteiger partial charge in [-0.1, -0.05) is 35.9 Å². The van der Waals surface area contributed by atoms with Crippen molar-refractivity contribution in [1.29, 1.82) is 0 Å². The van der Waals surface area contributed by atoms with Crippen LogP contribution in [0.4, 0.5) is 13.2 Å². The second-order valence-electron chi connectivity index (χ2n) is 4.40. The van der Waals surface area contributed by atoms with Gasteiger partial charge in [0.15, 0.2) is 6.61 Å². The number of halogens is 4. The van der Waals surface area contributed by atoms with Gasteiger partial charge in [0.05, 0.1) is 0 Å². The third kappa shape index (κ3) is 3.92. The van der Waals surface area contributed by atoms with E-state index in [9.17, 15) is 18.0 Å². The Morgan fingerprint density at radius 2 is 1.77 bits per heavy atom. The van der Waals surface area contributed by atoms with E-state index in [1.165, 1.54) is 18.2 Å². The summed E-state index contributed by atoms with van der Waals surface area (Å²) in [4.78, 5) is 11.2. The van der Waals surface area contributed by atoms with Crippen LogP contribution in [-0.2, 0) is 0 Å². The lowest BCUT2D eigenvalue weighted by Gasteiger charge is -2.15. The van der Waals surface area contributed by atoms with E-state index in [-0.39, 0.29) is 16.9 Å². The second kappa shape index (κ2) is 6.27. The molecule has 0 saturated carbocycles. The summed E-state index contributed by atoms with van der Waals surface area (Å²) in [5, 5.41) is 9.58. The van der Waals surface area contributed by atoms with Gasteiger partial charge in [0.2, 0.25) is 0 Å². The third-order valence-electron chi connectivity index (χ3n) is 2.78. The second-order valence-corrected chi connectivity index (χ2v) is 4.83. The SMILES string of the molecule is O=C(O)c1cccc(-c2ccc(Cl)cc2)c1OCC(F)(F)F. The van der Waals surface area contributed by atoms with Crippen LogP contribution in [-0.4, -0.2) is 23.9 Å². The van der Waals surface area contributed by atoms with Crippen molar-refractivity contribution in [2.24, 2.45) is 0 Å². The largest absolute Gasteiger partial charge is 0.483 e. The molecule has 3 nitrogen and oxygen atoms in total. The Balaban J connectivity index is 2.50. The first-order valence-electron chi connectivity index (χ1n) is 6.10. The lowest BCUT2D eigenvalue weighted by atomic mass is 10.0. The Hall–Kier alpha value is -2.21. The van der Waals surface area contributed by atoms with Crippen molar-refractivity contribution in [3.05, 3.63) is 53.1 Å². The lowest BCUT2D eigenvalue weighted by molar-refractivity contribution is -0.153. The van der Waals surface area contributed by atoms with E-state index >= 15 is 0 Å². The van der Waals surface area contributed by atoms with Gasteiger partial charge in [-0.15, -0.1) is 0 Å². The molecule has 0 aromatic heterocycles. The third-order valence-corrected chi connectivity index (χ3v) is 3.03. The Morgan fingerprint density at radius 1 is 1.14 bits per heavy atom. The van der Waals surface area contributed by atoms with Gasteiger partial charge in [0, 0.05) is 10.6 Å². The maximum Gasteiger partial charge on any atom is 0.422 e. The fourth-order valence-corrected chi connectivity index (χ4v) is 2.00. The van der Waals surface area contributed by atoms with Crippen molar-refractivity contribution in [3.63, 3.8) is 0 Å². The summed E-state index contributed by atoms with van der Waals surface area (Å²) in [6.07, 6.45) is -4.57. The molecule has 0 aliphatic heterocycles. The zero-order chi connectivity index (χ0) is 16.3. The lowest BCUT2D eigenvalue weighted by Crippen LogP contribution is -2.20. The van der Waals surface area contributed by atoms with Crippen molar-refractivity contribution in [2.45, 2.75) is 6.18 Å². The van der Waals surface area contributed by atoms with E-state index in [0.29, 0.717) is 10.6 Å². The first-order chi connectivity index (χ1) is 10.3. The summed E-state index contributed by atoms with van der Waals surface area (Å²) in [5.74, 6) is -1.69. The van der Waals surface area contributed by atoms with Crippen molar-refractivity contribution in [1.82, 2.24) is 0 Å². The molecule has 2 rings (SSSR count). The number of rotatable bonds is 4. The van der Waals surface area contributed by atoms with Crippen molar-refractivity contribution in [3.8, 4) is 16.9 Å². The highest BCUT2D eigenvalue weighted by Gasteiger charge is 2.30. The molecule has 0 aliphatic rings. The predicted molar refractivity (Wildman–Crippen MR) is 75.4 cm³/mol. The Bertz CT molecular complexity index is 681. The van der Waals surface area contributed by atoms with E-state index in [2.05, 4.69) is 0 Å². The minimum Gasteiger partial charge on any atom is -0.483 e. The van der Waals surface area contributed by atoms with Crippen LogP contribution in [0.15, 0.2) is 42.5 Å². The summed E-state index contributed by atoms with van der Waals surface area (Å²) in [6, 6.07) is 10.4. The number of carbonyl (C=O) groups is 1. The number of carboxylic acids is 1. The van der Waals surface area contributed by atoms with Gasteiger partial charge in [0.25, 0.3) is 0 Å². The maximum absolute atomic E-state index is 12.4. The zero-order valence-electron chi connectivity index (χ0n) is 11.0. The molecule has 116 valence electrons. The minimum atomic E-state index is -4.57. The van der Waals surface area contributed by atoms with E-state index in [1.807, 2.05) is 0 Å². The molecule has 2 aromatic rings. The van der Waals surface area contributed by atoms with Crippen LogP contribution in [0.1, 0.15) is 10.4 Å². The summed E-state index contributed by atoms with van der Waals surface area (Å²) in [6.45, 7) is -1.57. The Labute approximate surface area is 128 Å². The number of hydrogen-bond donors (Lipinski definition) is 1. The van der Waals surface area contributed by atoms with Crippen LogP contribution in [0.5, 0.6) is 5.75 Å². The molecule has 0 radical (unpaired) electrons. The molecule has 0 amide bonds. The van der Waals surface area contributed by atoms with Crippen LogP contribution >= 0.6 is 11.6 Å². The van der Waals surface area contributed by atoms with E-state index in [0.717, 1.165) is 0 Å². The first-order valence-corrected chi connectivity index (χ1v) is 6.47. The minimum absolute atomic E-state index is 0.251. The van der Waals surface area contributed by atoms with Gasteiger partial charge in [0.1, 0.15) is 11.3 Å². The number of hydrogen-bond acceptors (Lipinski definition) is 2. The molecule has 0 saturated heterocycles. The summed E-state index contributed by atoms with van der Waals surface area (Å²) < 4.78 is 41.9. The zero-order valence-corrected chi connectivity index (χ0v) is 11.8. The average Bonchev–Trinajstić information content (AvgIpc) is 2.44. The number of benzene rings is 2.